The maximum Gasteiger partial charge on any atom is 0.326 e. The number of ketones is 1. The number of carboxylic acid groups (broad SMARTS) is 1. The number of aliphatic carboxylic acids is 1. The van der Waals surface area contributed by atoms with Crippen LogP contribution in [-0.4, -0.2) is 59.0 Å². The Hall–Kier alpha value is -3.10. The normalized spacial score (nSPS) is 12.4. The fourth-order valence-electron chi connectivity index (χ4n) is 2.07. The van der Waals surface area contributed by atoms with E-state index in [9.17, 15) is 19.5 Å². The van der Waals surface area contributed by atoms with E-state index in [4.69, 9.17) is 15.0 Å². The van der Waals surface area contributed by atoms with Gasteiger partial charge in [-0.3, -0.25) is 14.6 Å². The van der Waals surface area contributed by atoms with Gasteiger partial charge in [-0.2, -0.15) is 4.79 Å². The van der Waals surface area contributed by atoms with Gasteiger partial charge in [0, 0.05) is 25.3 Å². The molecule has 1 amide bonds. The summed E-state index contributed by atoms with van der Waals surface area (Å²) < 4.78 is 10.3. The summed E-state index contributed by atoms with van der Waals surface area (Å²) in [5, 5.41) is 11.5. The number of pyridine rings is 1. The molecule has 0 aliphatic heterocycles. The van der Waals surface area contributed by atoms with Crippen molar-refractivity contribution in [1.82, 2.24) is 10.3 Å². The highest BCUT2D eigenvalue weighted by Crippen LogP contribution is 2.26. The van der Waals surface area contributed by atoms with Gasteiger partial charge in [0.25, 0.3) is 5.91 Å². The van der Waals surface area contributed by atoms with Crippen LogP contribution in [0, 0.1) is 0 Å². The van der Waals surface area contributed by atoms with Gasteiger partial charge in [-0.1, -0.05) is 0 Å². The Morgan fingerprint density at radius 1 is 1.44 bits per heavy atom. The van der Waals surface area contributed by atoms with Crippen molar-refractivity contribution in [2.45, 2.75) is 25.0 Å². The molecule has 0 aliphatic rings. The molecule has 2 N–H and O–H groups in total. The summed E-state index contributed by atoms with van der Waals surface area (Å²) in [5.41, 5.74) is 8.65. The van der Waals surface area contributed by atoms with Gasteiger partial charge < -0.3 is 25.4 Å². The number of Topliss-reactive ketones (excluding diaryl/α,β-unsaturated/α-hetero) is 1. The van der Waals surface area contributed by atoms with Crippen molar-refractivity contribution >= 4 is 23.9 Å². The van der Waals surface area contributed by atoms with Crippen molar-refractivity contribution in [2.75, 3.05) is 14.2 Å². The van der Waals surface area contributed by atoms with Gasteiger partial charge in [0.15, 0.2) is 6.10 Å². The van der Waals surface area contributed by atoms with Crippen LogP contribution in [-0.2, 0) is 19.1 Å². The first kappa shape index (κ1) is 19.9. The molecular formula is C15H18N4O6. The number of aromatic nitrogens is 1. The Kier molecular flexibility index (Phi) is 7.91. The van der Waals surface area contributed by atoms with E-state index in [1.165, 1.54) is 32.7 Å². The van der Waals surface area contributed by atoms with Crippen LogP contribution in [0.5, 0.6) is 5.75 Å². The van der Waals surface area contributed by atoms with Crippen LogP contribution in [0.3, 0.4) is 0 Å². The highest BCUT2D eigenvalue weighted by atomic mass is 16.5. The van der Waals surface area contributed by atoms with Crippen LogP contribution in [0.2, 0.25) is 0 Å². The first-order chi connectivity index (χ1) is 11.9. The zero-order valence-corrected chi connectivity index (χ0v) is 13.7. The smallest absolute Gasteiger partial charge is 0.326 e. The minimum atomic E-state index is -1.31. The summed E-state index contributed by atoms with van der Waals surface area (Å²) in [5.74, 6) is -2.27. The molecule has 10 heteroatoms. The number of rotatable bonds is 10. The predicted octanol–water partition coefficient (Wildman–Crippen LogP) is -0.00300. The van der Waals surface area contributed by atoms with Gasteiger partial charge in [0.05, 0.1) is 13.3 Å². The SMILES string of the molecule is COc1cnccc1C(OC)C(=O)NC(CCC(=O)C=[N+]=[N-])C(=O)O. The lowest BCUT2D eigenvalue weighted by atomic mass is 10.1. The number of carbonyl (C=O) groups excluding carboxylic acids is 2. The van der Waals surface area contributed by atoms with E-state index in [0.717, 1.165) is 0 Å². The standard InChI is InChI=1S/C15H18N4O6/c1-24-12-8-17-6-5-10(12)13(25-2)14(21)19-11(15(22)23)4-3-9(20)7-18-16/h5-8,11,13H,3-4H2,1-2H3,(H,19,21)(H,22,23). The van der Waals surface area contributed by atoms with E-state index in [-0.39, 0.29) is 12.8 Å². The van der Waals surface area contributed by atoms with Gasteiger partial charge >= 0.3 is 12.2 Å². The fraction of sp³-hybridized carbons (Fsp3) is 0.400. The molecule has 0 aromatic carbocycles. The third-order valence-corrected chi connectivity index (χ3v) is 3.29. The maximum absolute atomic E-state index is 12.4. The lowest BCUT2D eigenvalue weighted by Crippen LogP contribution is -2.43. The number of hydrogen-bond acceptors (Lipinski definition) is 6. The summed E-state index contributed by atoms with van der Waals surface area (Å²) in [6.07, 6.45) is 2.01. The van der Waals surface area contributed by atoms with Crippen LogP contribution in [0.1, 0.15) is 24.5 Å². The molecule has 1 aromatic heterocycles. The van der Waals surface area contributed by atoms with E-state index >= 15 is 0 Å². The van der Waals surface area contributed by atoms with Gasteiger partial charge in [-0.25, -0.2) is 4.79 Å². The van der Waals surface area contributed by atoms with Gasteiger partial charge in [-0.05, 0) is 12.5 Å². The number of amides is 1. The predicted molar refractivity (Wildman–Crippen MR) is 84.0 cm³/mol. The topological polar surface area (TPSA) is 151 Å². The Labute approximate surface area is 143 Å². The number of carbonyl (C=O) groups is 3. The van der Waals surface area contributed by atoms with Crippen molar-refractivity contribution in [3.63, 3.8) is 0 Å². The van der Waals surface area contributed by atoms with Crippen molar-refractivity contribution < 1.29 is 33.8 Å². The quantitative estimate of drug-likeness (QED) is 0.342. The van der Waals surface area contributed by atoms with Crippen molar-refractivity contribution in [1.29, 1.82) is 0 Å². The van der Waals surface area contributed by atoms with Crippen molar-refractivity contribution in [3.05, 3.63) is 29.6 Å². The van der Waals surface area contributed by atoms with Crippen molar-refractivity contribution in [3.8, 4) is 5.75 Å². The molecule has 0 saturated carbocycles. The Balaban J connectivity index is 2.88. The van der Waals surface area contributed by atoms with Crippen LogP contribution >= 0.6 is 0 Å². The molecule has 134 valence electrons. The lowest BCUT2D eigenvalue weighted by molar-refractivity contribution is -0.144. The minimum Gasteiger partial charge on any atom is -0.495 e. The summed E-state index contributed by atoms with van der Waals surface area (Å²) in [6.45, 7) is 0. The molecule has 2 atom stereocenters. The van der Waals surface area contributed by atoms with E-state index in [1.54, 1.807) is 0 Å². The van der Waals surface area contributed by atoms with E-state index in [0.29, 0.717) is 17.5 Å². The fourth-order valence-corrected chi connectivity index (χ4v) is 2.07. The summed E-state index contributed by atoms with van der Waals surface area (Å²) in [7, 11) is 2.70. The van der Waals surface area contributed by atoms with Crippen LogP contribution in [0.15, 0.2) is 18.5 Å². The van der Waals surface area contributed by atoms with Crippen LogP contribution < -0.4 is 10.1 Å². The number of carboxylic acids is 1. The van der Waals surface area contributed by atoms with Crippen molar-refractivity contribution in [2.24, 2.45) is 0 Å². The Morgan fingerprint density at radius 3 is 2.72 bits per heavy atom. The minimum absolute atomic E-state index is 0.171. The average molecular weight is 350 g/mol. The monoisotopic (exact) mass is 350 g/mol. The molecule has 0 bridgehead atoms. The molecule has 0 radical (unpaired) electrons. The molecule has 10 nitrogen and oxygen atoms in total. The molecular weight excluding hydrogens is 332 g/mol. The second-order valence-electron chi connectivity index (χ2n) is 4.88. The maximum atomic E-state index is 12.4. The number of methoxy groups -OCH3 is 2. The van der Waals surface area contributed by atoms with E-state index in [1.807, 2.05) is 0 Å². The van der Waals surface area contributed by atoms with Crippen LogP contribution in [0.25, 0.3) is 5.53 Å². The summed E-state index contributed by atoms with van der Waals surface area (Å²) in [4.78, 5) is 41.4. The number of nitrogens with one attached hydrogen (secondary N) is 1. The number of ether oxygens (including phenoxy) is 2. The number of hydrogen-bond donors (Lipinski definition) is 2. The molecule has 0 saturated heterocycles. The van der Waals surface area contributed by atoms with E-state index < -0.39 is 29.8 Å². The lowest BCUT2D eigenvalue weighted by Gasteiger charge is -2.20. The summed E-state index contributed by atoms with van der Waals surface area (Å²) >= 11 is 0. The second-order valence-corrected chi connectivity index (χ2v) is 4.88. The Bertz CT molecular complexity index is 686. The molecule has 1 heterocycles. The molecule has 0 fully saturated rings. The third kappa shape index (κ3) is 5.79. The number of nitrogens with zero attached hydrogens (tertiary/aromatic N) is 3. The first-order valence-electron chi connectivity index (χ1n) is 7.18. The largest absolute Gasteiger partial charge is 0.495 e. The molecule has 2 unspecified atom stereocenters. The zero-order chi connectivity index (χ0) is 18.8. The molecule has 1 rings (SSSR count). The zero-order valence-electron chi connectivity index (χ0n) is 13.7. The molecule has 1 aromatic rings. The Morgan fingerprint density at radius 2 is 2.16 bits per heavy atom. The first-order valence-corrected chi connectivity index (χ1v) is 7.18. The van der Waals surface area contributed by atoms with Gasteiger partial charge in [0.1, 0.15) is 11.8 Å². The van der Waals surface area contributed by atoms with Gasteiger partial charge in [0.2, 0.25) is 5.78 Å². The van der Waals surface area contributed by atoms with Gasteiger partial charge in [-0.15, -0.1) is 0 Å². The molecule has 0 spiro atoms. The average Bonchev–Trinajstić information content (AvgIpc) is 2.59. The van der Waals surface area contributed by atoms with Crippen LogP contribution in [0.4, 0.5) is 0 Å². The molecule has 25 heavy (non-hydrogen) atoms. The highest BCUT2D eigenvalue weighted by Gasteiger charge is 2.28. The third-order valence-electron chi connectivity index (χ3n) is 3.29. The highest BCUT2D eigenvalue weighted by molar-refractivity contribution is 6.25. The second kappa shape index (κ2) is 9.91. The van der Waals surface area contributed by atoms with E-state index in [2.05, 4.69) is 15.1 Å². The molecule has 0 aliphatic carbocycles. The summed E-state index contributed by atoms with van der Waals surface area (Å²) in [6, 6.07) is 0.206.